The highest BCUT2D eigenvalue weighted by atomic mass is 35.5. The largest absolute Gasteiger partial charge is 0.347 e. The van der Waals surface area contributed by atoms with Crippen LogP contribution in [0, 0.1) is 0 Å². The summed E-state index contributed by atoms with van der Waals surface area (Å²) in [5, 5.41) is 3.30. The molecular weight excluding hydrogens is 254 g/mol. The lowest BCUT2D eigenvalue weighted by Crippen LogP contribution is -2.25. The van der Waals surface area contributed by atoms with Crippen molar-refractivity contribution in [3.05, 3.63) is 63.3 Å². The van der Waals surface area contributed by atoms with Crippen LogP contribution in [0.4, 0.5) is 0 Å². The molecule has 6 heteroatoms. The van der Waals surface area contributed by atoms with Crippen molar-refractivity contribution in [2.24, 2.45) is 0 Å². The normalized spacial score (nSPS) is 10.1. The summed E-state index contributed by atoms with van der Waals surface area (Å²) in [6.45, 7) is 0.352. The summed E-state index contributed by atoms with van der Waals surface area (Å²) in [5.41, 5.74) is 0.645. The molecule has 0 radical (unpaired) electrons. The van der Waals surface area contributed by atoms with Gasteiger partial charge in [0.2, 0.25) is 0 Å². The van der Waals surface area contributed by atoms with Crippen LogP contribution < -0.4 is 10.9 Å². The van der Waals surface area contributed by atoms with E-state index in [1.54, 1.807) is 12.1 Å². The standard InChI is InChI=1S/C12H10ClN3O2/c13-9-3-1-8(2-4-9)6-14-12(18)10-5-11(17)16-7-15-10/h1-5,7H,6H2,(H,14,18)(H,15,16,17). The molecule has 0 saturated carbocycles. The first-order chi connectivity index (χ1) is 8.65. The van der Waals surface area contributed by atoms with E-state index in [2.05, 4.69) is 15.3 Å². The van der Waals surface area contributed by atoms with Crippen molar-refractivity contribution in [2.45, 2.75) is 6.54 Å². The van der Waals surface area contributed by atoms with E-state index in [0.717, 1.165) is 11.6 Å². The number of H-pyrrole nitrogens is 1. The van der Waals surface area contributed by atoms with Gasteiger partial charge in [-0.15, -0.1) is 0 Å². The Hall–Kier alpha value is -2.14. The molecule has 0 aliphatic carbocycles. The number of nitrogens with zero attached hydrogens (tertiary/aromatic N) is 1. The molecule has 0 fully saturated rings. The molecular formula is C12H10ClN3O2. The quantitative estimate of drug-likeness (QED) is 0.878. The fraction of sp³-hybridized carbons (Fsp3) is 0.0833. The molecule has 0 atom stereocenters. The van der Waals surface area contributed by atoms with Gasteiger partial charge >= 0.3 is 0 Å². The number of halogens is 1. The summed E-state index contributed by atoms with van der Waals surface area (Å²) in [6.07, 6.45) is 1.19. The lowest BCUT2D eigenvalue weighted by atomic mass is 10.2. The van der Waals surface area contributed by atoms with Crippen LogP contribution in [0.1, 0.15) is 16.1 Å². The third-order valence-corrected chi connectivity index (χ3v) is 2.53. The van der Waals surface area contributed by atoms with Gasteiger partial charge < -0.3 is 10.3 Å². The van der Waals surface area contributed by atoms with Crippen molar-refractivity contribution in [1.29, 1.82) is 0 Å². The summed E-state index contributed by atoms with van der Waals surface area (Å²) in [7, 11) is 0. The van der Waals surface area contributed by atoms with E-state index in [-0.39, 0.29) is 11.3 Å². The molecule has 2 aromatic rings. The summed E-state index contributed by atoms with van der Waals surface area (Å²) >= 11 is 5.75. The van der Waals surface area contributed by atoms with E-state index >= 15 is 0 Å². The van der Waals surface area contributed by atoms with Crippen molar-refractivity contribution in [3.8, 4) is 0 Å². The van der Waals surface area contributed by atoms with Gasteiger partial charge in [0.05, 0.1) is 6.33 Å². The molecule has 0 unspecified atom stereocenters. The fourth-order valence-corrected chi connectivity index (χ4v) is 1.49. The van der Waals surface area contributed by atoms with E-state index in [1.807, 2.05) is 12.1 Å². The van der Waals surface area contributed by atoms with E-state index in [4.69, 9.17) is 11.6 Å². The third-order valence-electron chi connectivity index (χ3n) is 2.28. The minimum absolute atomic E-state index is 0.0905. The van der Waals surface area contributed by atoms with Crippen LogP contribution >= 0.6 is 11.6 Å². The monoisotopic (exact) mass is 263 g/mol. The number of amides is 1. The Kier molecular flexibility index (Phi) is 3.74. The molecule has 0 spiro atoms. The number of carbonyl (C=O) groups excluding carboxylic acids is 1. The van der Waals surface area contributed by atoms with Crippen LogP contribution in [0.15, 0.2) is 41.5 Å². The Morgan fingerprint density at radius 3 is 2.72 bits per heavy atom. The van der Waals surface area contributed by atoms with Crippen LogP contribution in [-0.4, -0.2) is 15.9 Å². The van der Waals surface area contributed by atoms with Crippen LogP contribution in [0.5, 0.6) is 0 Å². The summed E-state index contributed by atoms with van der Waals surface area (Å²) in [6, 6.07) is 8.27. The summed E-state index contributed by atoms with van der Waals surface area (Å²) < 4.78 is 0. The molecule has 2 rings (SSSR count). The molecule has 1 aromatic carbocycles. The molecule has 18 heavy (non-hydrogen) atoms. The molecule has 2 N–H and O–H groups in total. The number of carbonyl (C=O) groups is 1. The molecule has 92 valence electrons. The van der Waals surface area contributed by atoms with E-state index in [0.29, 0.717) is 11.6 Å². The SMILES string of the molecule is O=C(NCc1ccc(Cl)cc1)c1cc(=O)[nH]cn1. The number of nitrogens with one attached hydrogen (secondary N) is 2. The fourth-order valence-electron chi connectivity index (χ4n) is 1.37. The van der Waals surface area contributed by atoms with E-state index in [9.17, 15) is 9.59 Å². The molecule has 0 aliphatic heterocycles. The second-order valence-electron chi connectivity index (χ2n) is 3.61. The predicted octanol–water partition coefficient (Wildman–Crippen LogP) is 1.35. The van der Waals surface area contributed by atoms with Gasteiger partial charge in [0.15, 0.2) is 0 Å². The number of aromatic amines is 1. The number of aromatic nitrogens is 2. The smallest absolute Gasteiger partial charge is 0.270 e. The van der Waals surface area contributed by atoms with Crippen LogP contribution in [0.3, 0.4) is 0 Å². The lowest BCUT2D eigenvalue weighted by molar-refractivity contribution is 0.0945. The number of hydrogen-bond donors (Lipinski definition) is 2. The summed E-state index contributed by atoms with van der Waals surface area (Å²) in [4.78, 5) is 28.8. The van der Waals surface area contributed by atoms with Crippen molar-refractivity contribution in [1.82, 2.24) is 15.3 Å². The number of rotatable bonds is 3. The maximum atomic E-state index is 11.7. The van der Waals surface area contributed by atoms with Crippen molar-refractivity contribution < 1.29 is 4.79 Å². The van der Waals surface area contributed by atoms with Gasteiger partial charge in [-0.05, 0) is 17.7 Å². The first-order valence-electron chi connectivity index (χ1n) is 5.22. The second kappa shape index (κ2) is 5.46. The molecule has 1 amide bonds. The molecule has 0 saturated heterocycles. The van der Waals surface area contributed by atoms with E-state index in [1.165, 1.54) is 6.33 Å². The van der Waals surface area contributed by atoms with Gasteiger partial charge in [0.25, 0.3) is 11.5 Å². The Morgan fingerprint density at radius 2 is 2.06 bits per heavy atom. The minimum atomic E-state index is -0.393. The second-order valence-corrected chi connectivity index (χ2v) is 4.04. The molecule has 0 aliphatic rings. The van der Waals surface area contributed by atoms with Crippen LogP contribution in [-0.2, 0) is 6.54 Å². The van der Waals surface area contributed by atoms with Gasteiger partial charge in [-0.25, -0.2) is 4.98 Å². The van der Waals surface area contributed by atoms with Gasteiger partial charge in [0.1, 0.15) is 5.69 Å². The maximum absolute atomic E-state index is 11.7. The summed E-state index contributed by atoms with van der Waals surface area (Å²) in [5.74, 6) is -0.393. The third kappa shape index (κ3) is 3.18. The van der Waals surface area contributed by atoms with Crippen molar-refractivity contribution in [3.63, 3.8) is 0 Å². The number of benzene rings is 1. The Labute approximate surface area is 108 Å². The Bertz CT molecular complexity index is 607. The van der Waals surface area contributed by atoms with Crippen LogP contribution in [0.2, 0.25) is 5.02 Å². The molecule has 1 aromatic heterocycles. The first-order valence-corrected chi connectivity index (χ1v) is 5.60. The number of hydrogen-bond acceptors (Lipinski definition) is 3. The lowest BCUT2D eigenvalue weighted by Gasteiger charge is -2.04. The van der Waals surface area contributed by atoms with Gasteiger partial charge in [-0.1, -0.05) is 23.7 Å². The minimum Gasteiger partial charge on any atom is -0.347 e. The predicted molar refractivity (Wildman–Crippen MR) is 67.5 cm³/mol. The van der Waals surface area contributed by atoms with Crippen molar-refractivity contribution >= 4 is 17.5 Å². The Balaban J connectivity index is 2.00. The van der Waals surface area contributed by atoms with Gasteiger partial charge in [-0.3, -0.25) is 9.59 Å². The highest BCUT2D eigenvalue weighted by molar-refractivity contribution is 6.30. The highest BCUT2D eigenvalue weighted by Gasteiger charge is 2.06. The van der Waals surface area contributed by atoms with Crippen molar-refractivity contribution in [2.75, 3.05) is 0 Å². The maximum Gasteiger partial charge on any atom is 0.270 e. The van der Waals surface area contributed by atoms with E-state index < -0.39 is 5.91 Å². The topological polar surface area (TPSA) is 74.8 Å². The average Bonchev–Trinajstić information content (AvgIpc) is 2.38. The average molecular weight is 264 g/mol. The zero-order chi connectivity index (χ0) is 13.0. The molecule has 1 heterocycles. The zero-order valence-corrected chi connectivity index (χ0v) is 10.1. The van der Waals surface area contributed by atoms with Gasteiger partial charge in [-0.2, -0.15) is 0 Å². The molecule has 5 nitrogen and oxygen atoms in total. The molecule has 0 bridgehead atoms. The first kappa shape index (κ1) is 12.3. The Morgan fingerprint density at radius 1 is 1.33 bits per heavy atom. The van der Waals surface area contributed by atoms with Gasteiger partial charge in [0, 0.05) is 17.6 Å². The van der Waals surface area contributed by atoms with Crippen LogP contribution in [0.25, 0.3) is 0 Å². The zero-order valence-electron chi connectivity index (χ0n) is 9.31. The highest BCUT2D eigenvalue weighted by Crippen LogP contribution is 2.09.